The number of aromatic amines is 1. The zero-order chi connectivity index (χ0) is 35.6. The first kappa shape index (κ1) is 36.2. The minimum Gasteiger partial charge on any atom is -0.497 e. The van der Waals surface area contributed by atoms with Crippen LogP contribution in [-0.2, 0) is 19.5 Å². The number of alkyl halides is 1. The van der Waals surface area contributed by atoms with Crippen LogP contribution < -0.4 is 20.7 Å². The van der Waals surface area contributed by atoms with E-state index in [0.717, 1.165) is 27.3 Å². The summed E-state index contributed by atoms with van der Waals surface area (Å²) < 4.78 is 49.0. The molecule has 0 amide bonds. The van der Waals surface area contributed by atoms with Gasteiger partial charge in [-0.2, -0.15) is 0 Å². The quantitative estimate of drug-likeness (QED) is 0.147. The van der Waals surface area contributed by atoms with Crippen molar-refractivity contribution in [1.29, 1.82) is 0 Å². The lowest BCUT2D eigenvalue weighted by Crippen LogP contribution is -2.57. The predicted octanol–water partition coefficient (Wildman–Crippen LogP) is 5.55. The van der Waals surface area contributed by atoms with Gasteiger partial charge in [0.25, 0.3) is 5.56 Å². The second kappa shape index (κ2) is 14.0. The molecule has 12 heteroatoms. The lowest BCUT2D eigenvalue weighted by Gasteiger charge is -2.44. The first-order chi connectivity index (χ1) is 23.2. The van der Waals surface area contributed by atoms with E-state index in [-0.39, 0.29) is 11.6 Å². The maximum atomic E-state index is 16.9. The molecule has 3 aromatic carbocycles. The third-order valence-corrected chi connectivity index (χ3v) is 14.2. The molecule has 1 aliphatic rings. The fourth-order valence-corrected chi connectivity index (χ4v) is 7.24. The van der Waals surface area contributed by atoms with Crippen molar-refractivity contribution in [2.75, 3.05) is 27.4 Å². The summed E-state index contributed by atoms with van der Waals surface area (Å²) in [5.41, 5.74) is -2.38. The van der Waals surface area contributed by atoms with Gasteiger partial charge in [0.1, 0.15) is 28.8 Å². The van der Waals surface area contributed by atoms with E-state index in [1.807, 2.05) is 113 Å². The number of benzene rings is 3. The Balaban J connectivity index is 1.69. The second-order valence-electron chi connectivity index (χ2n) is 13.8. The normalized spacial score (nSPS) is 21.4. The van der Waals surface area contributed by atoms with Crippen molar-refractivity contribution in [3.05, 3.63) is 129 Å². The number of ether oxygens (including phenoxy) is 4. The van der Waals surface area contributed by atoms with Crippen LogP contribution in [-0.4, -0.2) is 68.3 Å². The summed E-state index contributed by atoms with van der Waals surface area (Å²) in [5, 5.41) is 10.9. The molecular formula is C37H45FN2O8Si. The highest BCUT2D eigenvalue weighted by molar-refractivity contribution is 6.74. The van der Waals surface area contributed by atoms with Gasteiger partial charge in [-0.25, -0.2) is 9.18 Å². The minimum atomic E-state index is -2.72. The number of aromatic nitrogens is 2. The summed E-state index contributed by atoms with van der Waals surface area (Å²) in [5.74, 6) is 1.28. The van der Waals surface area contributed by atoms with Gasteiger partial charge in [0, 0.05) is 12.3 Å². The predicted molar refractivity (Wildman–Crippen MR) is 186 cm³/mol. The molecule has 49 heavy (non-hydrogen) atoms. The van der Waals surface area contributed by atoms with Crippen molar-refractivity contribution in [3.8, 4) is 11.5 Å². The Morgan fingerprint density at radius 2 is 1.41 bits per heavy atom. The van der Waals surface area contributed by atoms with Crippen molar-refractivity contribution in [1.82, 2.24) is 9.55 Å². The molecule has 1 aliphatic heterocycles. The van der Waals surface area contributed by atoms with Gasteiger partial charge in [-0.1, -0.05) is 75.4 Å². The molecule has 1 saturated heterocycles. The highest BCUT2D eigenvalue weighted by Gasteiger charge is 2.60. The summed E-state index contributed by atoms with van der Waals surface area (Å²) in [6.45, 7) is 8.98. The molecular weight excluding hydrogens is 647 g/mol. The van der Waals surface area contributed by atoms with Crippen LogP contribution in [0.2, 0.25) is 18.1 Å². The van der Waals surface area contributed by atoms with E-state index >= 15 is 4.39 Å². The molecule has 3 unspecified atom stereocenters. The zero-order valence-corrected chi connectivity index (χ0v) is 29.9. The van der Waals surface area contributed by atoms with E-state index in [4.69, 9.17) is 23.4 Å². The molecule has 1 fully saturated rings. The van der Waals surface area contributed by atoms with Gasteiger partial charge in [-0.15, -0.1) is 0 Å². The summed E-state index contributed by atoms with van der Waals surface area (Å²) in [7, 11) is 0.453. The Morgan fingerprint density at radius 1 is 0.878 bits per heavy atom. The van der Waals surface area contributed by atoms with Gasteiger partial charge < -0.3 is 28.5 Å². The topological polar surface area (TPSA) is 121 Å². The standard InChI is InChI=1S/C37H45FN2O8Si/c1-35(2,3)49(6,7)48-32-31(38)33(40-22-21-30(42)39-34(40)43)47-36(32,23-41)24-46-37(25-11-9-8-10-12-25,26-13-17-28(44-4)18-14-26)27-15-19-29(45-5)20-16-27/h8-22,31-33,41H,23-24H2,1-7H3,(H,39,42,43)/t31?,32?,33?,36-/m0/s1. The van der Waals surface area contributed by atoms with Crippen LogP contribution in [0.15, 0.2) is 101 Å². The molecule has 4 aromatic rings. The van der Waals surface area contributed by atoms with Crippen LogP contribution in [0.5, 0.6) is 11.5 Å². The maximum absolute atomic E-state index is 16.9. The number of aliphatic hydroxyl groups excluding tert-OH is 1. The number of methoxy groups -OCH3 is 2. The molecule has 10 nitrogen and oxygen atoms in total. The van der Waals surface area contributed by atoms with Crippen LogP contribution >= 0.6 is 0 Å². The number of rotatable bonds is 12. The summed E-state index contributed by atoms with van der Waals surface area (Å²) in [4.78, 5) is 27.0. The van der Waals surface area contributed by atoms with Gasteiger partial charge in [-0.05, 0) is 59.1 Å². The smallest absolute Gasteiger partial charge is 0.330 e. The minimum absolute atomic E-state index is 0.332. The number of hydrogen-bond acceptors (Lipinski definition) is 8. The first-order valence-corrected chi connectivity index (χ1v) is 19.0. The summed E-state index contributed by atoms with van der Waals surface area (Å²) in [6.07, 6.45) is -3.61. The molecule has 2 heterocycles. The van der Waals surface area contributed by atoms with Gasteiger partial charge in [0.15, 0.2) is 20.7 Å². The van der Waals surface area contributed by atoms with Crippen molar-refractivity contribution < 1.29 is 32.9 Å². The molecule has 262 valence electrons. The highest BCUT2D eigenvalue weighted by atomic mass is 28.4. The Morgan fingerprint density at radius 3 is 1.88 bits per heavy atom. The van der Waals surface area contributed by atoms with Crippen LogP contribution in [0, 0.1) is 0 Å². The third kappa shape index (κ3) is 6.88. The van der Waals surface area contributed by atoms with Crippen LogP contribution in [0.25, 0.3) is 0 Å². The van der Waals surface area contributed by atoms with E-state index in [9.17, 15) is 14.7 Å². The Kier molecular flexibility index (Phi) is 10.4. The number of aliphatic hydroxyl groups is 1. The van der Waals surface area contributed by atoms with Gasteiger partial charge >= 0.3 is 5.69 Å². The number of hydrogen-bond donors (Lipinski definition) is 2. The van der Waals surface area contributed by atoms with Crippen LogP contribution in [0.4, 0.5) is 4.39 Å². The van der Waals surface area contributed by atoms with Gasteiger partial charge in [0.2, 0.25) is 0 Å². The fraction of sp³-hybridized carbons (Fsp3) is 0.405. The number of H-pyrrole nitrogens is 1. The molecule has 0 saturated carbocycles. The van der Waals surface area contributed by atoms with Crippen molar-refractivity contribution in [2.45, 2.75) is 68.6 Å². The van der Waals surface area contributed by atoms with E-state index in [1.165, 1.54) is 6.20 Å². The summed E-state index contributed by atoms with van der Waals surface area (Å²) in [6, 6.07) is 25.5. The number of halogens is 1. The van der Waals surface area contributed by atoms with Crippen molar-refractivity contribution >= 4 is 8.32 Å². The third-order valence-electron chi connectivity index (χ3n) is 9.76. The van der Waals surface area contributed by atoms with Crippen LogP contribution in [0.1, 0.15) is 43.7 Å². The van der Waals surface area contributed by atoms with Gasteiger partial charge in [-0.3, -0.25) is 14.3 Å². The van der Waals surface area contributed by atoms with E-state index in [1.54, 1.807) is 14.2 Å². The lowest BCUT2D eigenvalue weighted by molar-refractivity contribution is -0.176. The fourth-order valence-electron chi connectivity index (χ4n) is 5.91. The van der Waals surface area contributed by atoms with E-state index in [2.05, 4.69) is 4.98 Å². The molecule has 0 radical (unpaired) electrons. The van der Waals surface area contributed by atoms with E-state index in [0.29, 0.717) is 11.5 Å². The van der Waals surface area contributed by atoms with Crippen molar-refractivity contribution in [2.24, 2.45) is 0 Å². The molecule has 4 atom stereocenters. The molecule has 5 rings (SSSR count). The van der Waals surface area contributed by atoms with Crippen molar-refractivity contribution in [3.63, 3.8) is 0 Å². The summed E-state index contributed by atoms with van der Waals surface area (Å²) >= 11 is 0. The largest absolute Gasteiger partial charge is 0.497 e. The number of nitrogens with one attached hydrogen (secondary N) is 1. The number of nitrogens with zero attached hydrogens (tertiary/aromatic N) is 1. The average Bonchev–Trinajstić information content (AvgIpc) is 3.35. The average molecular weight is 693 g/mol. The van der Waals surface area contributed by atoms with Gasteiger partial charge in [0.05, 0.1) is 27.4 Å². The highest BCUT2D eigenvalue weighted by Crippen LogP contribution is 2.48. The van der Waals surface area contributed by atoms with E-state index < -0.39 is 55.9 Å². The monoisotopic (exact) mass is 692 g/mol. The molecule has 0 aliphatic carbocycles. The molecule has 0 bridgehead atoms. The Bertz CT molecular complexity index is 1780. The molecule has 0 spiro atoms. The molecule has 1 aromatic heterocycles. The Labute approximate surface area is 286 Å². The maximum Gasteiger partial charge on any atom is 0.330 e. The second-order valence-corrected chi connectivity index (χ2v) is 18.5. The first-order valence-electron chi connectivity index (χ1n) is 16.1. The van der Waals surface area contributed by atoms with Crippen LogP contribution in [0.3, 0.4) is 0 Å². The zero-order valence-electron chi connectivity index (χ0n) is 28.9. The SMILES string of the molecule is COc1ccc(C(OC[C@]2(CO)OC(n3ccc(=O)[nH]c3=O)C(F)C2O[Si](C)(C)C(C)(C)C)(c2ccccc2)c2ccc(OC)cc2)cc1. The molecule has 2 N–H and O–H groups in total. The lowest BCUT2D eigenvalue weighted by atomic mass is 9.79. The Hall–Kier alpha value is -4.07.